The molecule has 25 heavy (non-hydrogen) atoms. The Bertz CT molecular complexity index is 729. The first kappa shape index (κ1) is 16.2. The summed E-state index contributed by atoms with van der Waals surface area (Å²) in [7, 11) is 0. The number of carbonyl (C=O) groups excluding carboxylic acids is 3. The van der Waals surface area contributed by atoms with E-state index in [0.717, 1.165) is 24.3 Å². The molecule has 0 radical (unpaired) electrons. The molecule has 5 rings (SSSR count). The van der Waals surface area contributed by atoms with E-state index in [0.29, 0.717) is 5.13 Å². The second-order valence-corrected chi connectivity index (χ2v) is 7.65. The zero-order chi connectivity index (χ0) is 17.6. The van der Waals surface area contributed by atoms with Gasteiger partial charge in [-0.25, -0.2) is 4.79 Å². The van der Waals surface area contributed by atoms with Crippen LogP contribution in [0.2, 0.25) is 0 Å². The number of likely N-dealkylation sites (tertiary alicyclic amines) is 1. The lowest BCUT2D eigenvalue weighted by molar-refractivity contribution is -0.140. The summed E-state index contributed by atoms with van der Waals surface area (Å²) in [4.78, 5) is 38.4. The largest absolute Gasteiger partial charge is 0.322 e. The first-order chi connectivity index (χ1) is 12.1. The van der Waals surface area contributed by atoms with Gasteiger partial charge in [-0.1, -0.05) is 30.4 Å². The summed E-state index contributed by atoms with van der Waals surface area (Å²) in [6.07, 6.45) is 6.81. The molecule has 2 heterocycles. The van der Waals surface area contributed by atoms with Crippen LogP contribution in [0.5, 0.6) is 0 Å². The van der Waals surface area contributed by atoms with Gasteiger partial charge in [-0.3, -0.25) is 19.8 Å². The number of nitrogens with one attached hydrogen (secondary N) is 2. The van der Waals surface area contributed by atoms with E-state index < -0.39 is 6.03 Å². The van der Waals surface area contributed by atoms with Gasteiger partial charge in [0.2, 0.25) is 16.9 Å². The van der Waals surface area contributed by atoms with Crippen molar-refractivity contribution in [2.75, 3.05) is 12.0 Å². The third kappa shape index (κ3) is 2.72. The van der Waals surface area contributed by atoms with Gasteiger partial charge < -0.3 is 5.32 Å². The Kier molecular flexibility index (Phi) is 4.03. The average Bonchev–Trinajstić information content (AvgIpc) is 3.18. The number of allylic oxidation sites excluding steroid dienone is 2. The second-order valence-electron chi connectivity index (χ2n) is 6.59. The Morgan fingerprint density at radius 2 is 1.84 bits per heavy atom. The van der Waals surface area contributed by atoms with E-state index in [4.69, 9.17) is 0 Å². The lowest BCUT2D eigenvalue weighted by Gasteiger charge is -2.38. The van der Waals surface area contributed by atoms with Crippen molar-refractivity contribution in [2.45, 2.75) is 26.2 Å². The number of fused-ring (bicyclic) bond motifs is 1. The van der Waals surface area contributed by atoms with Gasteiger partial charge >= 0.3 is 6.03 Å². The summed E-state index contributed by atoms with van der Waals surface area (Å²) in [6, 6.07) is -0.504. The topological polar surface area (TPSA) is 104 Å². The SMILES string of the molecule is CCc1nnc(NC(=O)NCN2C(=O)[C@@H]3[C@@H](C2=O)[C@H]2C=C[C@H]3CC2)s1. The summed E-state index contributed by atoms with van der Waals surface area (Å²) in [5, 5.41) is 14.2. The lowest BCUT2D eigenvalue weighted by atomic mass is 9.63. The maximum absolute atomic E-state index is 12.6. The fourth-order valence-electron chi connectivity index (χ4n) is 4.03. The molecule has 2 N–H and O–H groups in total. The molecule has 0 aromatic carbocycles. The number of aromatic nitrogens is 2. The van der Waals surface area contributed by atoms with Crippen LogP contribution in [-0.4, -0.2) is 39.6 Å². The summed E-state index contributed by atoms with van der Waals surface area (Å²) in [5.41, 5.74) is 0. The molecule has 4 amide bonds. The molecular weight excluding hydrogens is 342 g/mol. The molecule has 1 aliphatic heterocycles. The Morgan fingerprint density at radius 3 is 2.36 bits per heavy atom. The fraction of sp³-hybridized carbons (Fsp3) is 0.562. The first-order valence-electron chi connectivity index (χ1n) is 8.49. The van der Waals surface area contributed by atoms with Crippen LogP contribution in [0, 0.1) is 23.7 Å². The number of urea groups is 1. The van der Waals surface area contributed by atoms with Crippen molar-refractivity contribution in [3.8, 4) is 0 Å². The third-order valence-corrected chi connectivity index (χ3v) is 6.22. The lowest BCUT2D eigenvalue weighted by Crippen LogP contribution is -2.43. The van der Waals surface area contributed by atoms with Crippen LogP contribution in [0.4, 0.5) is 9.93 Å². The van der Waals surface area contributed by atoms with Crippen LogP contribution in [0.15, 0.2) is 12.2 Å². The van der Waals surface area contributed by atoms with Crippen LogP contribution in [0.1, 0.15) is 24.8 Å². The second kappa shape index (κ2) is 6.21. The van der Waals surface area contributed by atoms with E-state index in [1.807, 2.05) is 6.92 Å². The van der Waals surface area contributed by atoms with Gasteiger partial charge in [0, 0.05) is 0 Å². The smallest absolute Gasteiger partial charge is 0.320 e. The number of nitrogens with zero attached hydrogens (tertiary/aromatic N) is 3. The molecule has 2 bridgehead atoms. The van der Waals surface area contributed by atoms with Gasteiger partial charge in [0.25, 0.3) is 0 Å². The monoisotopic (exact) mass is 361 g/mol. The Balaban J connectivity index is 1.37. The predicted molar refractivity (Wildman–Crippen MR) is 90.5 cm³/mol. The summed E-state index contributed by atoms with van der Waals surface area (Å²) >= 11 is 1.30. The minimum absolute atomic E-state index is 0.116. The summed E-state index contributed by atoms with van der Waals surface area (Å²) in [6.45, 7) is 1.84. The molecule has 2 fully saturated rings. The van der Waals surface area contributed by atoms with Crippen molar-refractivity contribution in [3.63, 3.8) is 0 Å². The molecule has 4 aliphatic rings. The highest BCUT2D eigenvalue weighted by Crippen LogP contribution is 2.49. The Morgan fingerprint density at radius 1 is 1.20 bits per heavy atom. The highest BCUT2D eigenvalue weighted by molar-refractivity contribution is 7.15. The molecule has 0 unspecified atom stereocenters. The molecular formula is C16H19N5O3S. The number of rotatable bonds is 4. The zero-order valence-corrected chi connectivity index (χ0v) is 14.6. The number of hydrogen-bond acceptors (Lipinski definition) is 6. The van der Waals surface area contributed by atoms with Gasteiger partial charge in [-0.15, -0.1) is 10.2 Å². The van der Waals surface area contributed by atoms with Crippen LogP contribution in [-0.2, 0) is 16.0 Å². The normalized spacial score (nSPS) is 29.9. The molecule has 3 aliphatic carbocycles. The van der Waals surface area contributed by atoms with Gasteiger partial charge in [0.1, 0.15) is 11.7 Å². The number of hydrogen-bond donors (Lipinski definition) is 2. The standard InChI is InChI=1S/C16H19N5O3S/c1-2-10-19-20-16(25-10)18-15(24)17-7-21-13(22)11-8-3-4-9(6-5-8)12(11)14(21)23/h3-4,8-9,11-12H,2,5-7H2,1H3,(H2,17,18,20,24)/t8-,9-,11-,12-/m0/s1. The first-order valence-corrected chi connectivity index (χ1v) is 9.31. The van der Waals surface area contributed by atoms with Crippen molar-refractivity contribution >= 4 is 34.3 Å². The van der Waals surface area contributed by atoms with E-state index in [9.17, 15) is 14.4 Å². The maximum atomic E-state index is 12.6. The molecule has 0 spiro atoms. The highest BCUT2D eigenvalue weighted by Gasteiger charge is 2.56. The number of imide groups is 1. The van der Waals surface area contributed by atoms with Crippen molar-refractivity contribution in [3.05, 3.63) is 17.2 Å². The van der Waals surface area contributed by atoms with Crippen LogP contribution in [0.3, 0.4) is 0 Å². The molecule has 4 atom stereocenters. The van der Waals surface area contributed by atoms with Crippen LogP contribution >= 0.6 is 11.3 Å². The van der Waals surface area contributed by atoms with E-state index in [1.165, 1.54) is 16.2 Å². The maximum Gasteiger partial charge on any atom is 0.322 e. The Hall–Kier alpha value is -2.29. The minimum atomic E-state index is -0.504. The molecule has 1 aromatic heterocycles. The van der Waals surface area contributed by atoms with Crippen molar-refractivity contribution in [1.82, 2.24) is 20.4 Å². The quantitative estimate of drug-likeness (QED) is 0.623. The number of aryl methyl sites for hydroxylation is 1. The molecule has 132 valence electrons. The zero-order valence-electron chi connectivity index (χ0n) is 13.8. The van der Waals surface area contributed by atoms with Gasteiger partial charge in [-0.2, -0.15) is 0 Å². The number of carbonyl (C=O) groups is 3. The fourth-order valence-corrected chi connectivity index (χ4v) is 4.71. The molecule has 1 saturated heterocycles. The minimum Gasteiger partial charge on any atom is -0.320 e. The predicted octanol–water partition coefficient (Wildman–Crippen LogP) is 1.38. The van der Waals surface area contributed by atoms with E-state index in [1.54, 1.807) is 0 Å². The van der Waals surface area contributed by atoms with E-state index >= 15 is 0 Å². The summed E-state index contributed by atoms with van der Waals surface area (Å²) < 4.78 is 0. The van der Waals surface area contributed by atoms with Crippen molar-refractivity contribution in [2.24, 2.45) is 23.7 Å². The summed E-state index contributed by atoms with van der Waals surface area (Å²) in [5.74, 6) is -0.539. The highest BCUT2D eigenvalue weighted by atomic mass is 32.1. The van der Waals surface area contributed by atoms with Crippen LogP contribution < -0.4 is 10.6 Å². The van der Waals surface area contributed by atoms with Gasteiger partial charge in [0.05, 0.1) is 11.8 Å². The van der Waals surface area contributed by atoms with Crippen molar-refractivity contribution < 1.29 is 14.4 Å². The molecule has 8 nitrogen and oxygen atoms in total. The molecule has 1 aromatic rings. The molecule has 9 heteroatoms. The Labute approximate surface area is 148 Å². The number of amides is 4. The average molecular weight is 361 g/mol. The van der Waals surface area contributed by atoms with Gasteiger partial charge in [-0.05, 0) is 31.1 Å². The van der Waals surface area contributed by atoms with E-state index in [2.05, 4.69) is 33.0 Å². The van der Waals surface area contributed by atoms with Crippen LogP contribution in [0.25, 0.3) is 0 Å². The van der Waals surface area contributed by atoms with E-state index in [-0.39, 0.29) is 42.2 Å². The van der Waals surface area contributed by atoms with Gasteiger partial charge in [0.15, 0.2) is 0 Å². The van der Waals surface area contributed by atoms with Crippen molar-refractivity contribution in [1.29, 1.82) is 0 Å². The number of anilines is 1. The molecule has 1 saturated carbocycles. The third-order valence-electron chi connectivity index (χ3n) is 5.24.